The van der Waals surface area contributed by atoms with Gasteiger partial charge >= 0.3 is 0 Å². The van der Waals surface area contributed by atoms with E-state index >= 15 is 0 Å². The number of nitrogens with zero attached hydrogens (tertiary/aromatic N) is 6. The van der Waals surface area contributed by atoms with E-state index < -0.39 is 0 Å². The van der Waals surface area contributed by atoms with Gasteiger partial charge in [-0.25, -0.2) is 0 Å². The summed E-state index contributed by atoms with van der Waals surface area (Å²) >= 11 is 0. The van der Waals surface area contributed by atoms with Crippen LogP contribution in [0.25, 0.3) is 11.3 Å². The molecule has 0 N–H and O–H groups in total. The first-order valence-electron chi connectivity index (χ1n) is 13.7. The highest BCUT2D eigenvalue weighted by Gasteiger charge is 2.26. The van der Waals surface area contributed by atoms with Crippen molar-refractivity contribution in [1.29, 1.82) is 0 Å². The Labute approximate surface area is 230 Å². The second kappa shape index (κ2) is 13.3. The van der Waals surface area contributed by atoms with E-state index in [4.69, 9.17) is 4.74 Å². The first-order chi connectivity index (χ1) is 19.2. The van der Waals surface area contributed by atoms with Gasteiger partial charge in [-0.15, -0.1) is 10.2 Å². The van der Waals surface area contributed by atoms with Crippen molar-refractivity contribution in [2.45, 2.75) is 6.42 Å². The van der Waals surface area contributed by atoms with Crippen LogP contribution in [0.15, 0.2) is 72.8 Å². The van der Waals surface area contributed by atoms with Crippen molar-refractivity contribution >= 4 is 17.6 Å². The maximum absolute atomic E-state index is 13.3. The molecule has 0 atom stereocenters. The van der Waals surface area contributed by atoms with Crippen LogP contribution in [0.2, 0.25) is 0 Å². The standard InChI is InChI=1S/C30H36N6O3/c37-29(23-25-7-3-1-4-8-25)36(14-13-33-19-21-39-22-20-33)24-30(38)35-17-15-34(16-18-35)28-12-11-27(31-32-28)26-9-5-2-6-10-26/h1-12H,13-24H2. The van der Waals surface area contributed by atoms with Gasteiger partial charge in [0.2, 0.25) is 11.8 Å². The van der Waals surface area contributed by atoms with Crippen molar-refractivity contribution in [1.82, 2.24) is 24.9 Å². The number of ether oxygens (including phenoxy) is 1. The topological polar surface area (TPSA) is 82.1 Å². The number of morpholine rings is 1. The van der Waals surface area contributed by atoms with Gasteiger partial charge < -0.3 is 19.4 Å². The second-order valence-corrected chi connectivity index (χ2v) is 9.94. The third kappa shape index (κ3) is 7.40. The van der Waals surface area contributed by atoms with Crippen LogP contribution in [-0.2, 0) is 20.7 Å². The highest BCUT2D eigenvalue weighted by molar-refractivity contribution is 5.86. The molecule has 2 aromatic carbocycles. The minimum absolute atomic E-state index is 0.0106. The molecule has 2 fully saturated rings. The molecule has 0 aliphatic carbocycles. The van der Waals surface area contributed by atoms with Crippen LogP contribution in [0.3, 0.4) is 0 Å². The van der Waals surface area contributed by atoms with Crippen molar-refractivity contribution in [3.8, 4) is 11.3 Å². The highest BCUT2D eigenvalue weighted by atomic mass is 16.5. The van der Waals surface area contributed by atoms with Crippen molar-refractivity contribution in [3.63, 3.8) is 0 Å². The third-order valence-electron chi connectivity index (χ3n) is 7.34. The smallest absolute Gasteiger partial charge is 0.242 e. The lowest BCUT2D eigenvalue weighted by Gasteiger charge is -2.36. The molecule has 0 saturated carbocycles. The second-order valence-electron chi connectivity index (χ2n) is 9.94. The van der Waals surface area contributed by atoms with E-state index in [9.17, 15) is 9.59 Å². The maximum atomic E-state index is 13.3. The number of rotatable bonds is 9. The highest BCUT2D eigenvalue weighted by Crippen LogP contribution is 2.19. The molecule has 3 heterocycles. The van der Waals surface area contributed by atoms with Crippen LogP contribution in [0.5, 0.6) is 0 Å². The fourth-order valence-corrected chi connectivity index (χ4v) is 4.97. The molecule has 9 nitrogen and oxygen atoms in total. The lowest BCUT2D eigenvalue weighted by molar-refractivity contribution is -0.140. The van der Waals surface area contributed by atoms with E-state index in [0.717, 1.165) is 42.3 Å². The summed E-state index contributed by atoms with van der Waals surface area (Å²) in [7, 11) is 0. The number of carbonyl (C=O) groups excluding carboxylic acids is 2. The zero-order chi connectivity index (χ0) is 26.9. The molecule has 5 rings (SSSR count). The van der Waals surface area contributed by atoms with Crippen LogP contribution in [0, 0.1) is 0 Å². The van der Waals surface area contributed by atoms with Gasteiger partial charge in [-0.1, -0.05) is 60.7 Å². The molecule has 2 aliphatic rings. The zero-order valence-corrected chi connectivity index (χ0v) is 22.3. The number of hydrogen-bond acceptors (Lipinski definition) is 7. The Morgan fingerprint density at radius 1 is 0.795 bits per heavy atom. The van der Waals surface area contributed by atoms with E-state index in [1.807, 2.05) is 77.7 Å². The molecule has 204 valence electrons. The molecule has 0 spiro atoms. The first-order valence-corrected chi connectivity index (χ1v) is 13.7. The summed E-state index contributed by atoms with van der Waals surface area (Å²) in [6, 6.07) is 23.7. The molecule has 0 bridgehead atoms. The summed E-state index contributed by atoms with van der Waals surface area (Å²) in [5.74, 6) is 0.783. The molecular weight excluding hydrogens is 492 g/mol. The van der Waals surface area contributed by atoms with Crippen LogP contribution < -0.4 is 4.90 Å². The van der Waals surface area contributed by atoms with Gasteiger partial charge in [0.25, 0.3) is 0 Å². The van der Waals surface area contributed by atoms with Gasteiger partial charge in [-0.2, -0.15) is 0 Å². The summed E-state index contributed by atoms with van der Waals surface area (Å²) in [6.45, 7) is 7.02. The van der Waals surface area contributed by atoms with E-state index in [0.29, 0.717) is 52.4 Å². The van der Waals surface area contributed by atoms with Crippen molar-refractivity contribution in [3.05, 3.63) is 78.4 Å². The Morgan fingerprint density at radius 3 is 2.15 bits per heavy atom. The molecule has 2 amide bonds. The van der Waals surface area contributed by atoms with Crippen molar-refractivity contribution in [2.24, 2.45) is 0 Å². The van der Waals surface area contributed by atoms with Crippen LogP contribution in [0.4, 0.5) is 5.82 Å². The van der Waals surface area contributed by atoms with E-state index in [1.165, 1.54) is 0 Å². The van der Waals surface area contributed by atoms with Crippen LogP contribution >= 0.6 is 0 Å². The summed E-state index contributed by atoms with van der Waals surface area (Å²) in [5, 5.41) is 8.84. The van der Waals surface area contributed by atoms with Gasteiger partial charge in [0.15, 0.2) is 5.82 Å². The van der Waals surface area contributed by atoms with Gasteiger partial charge in [-0.05, 0) is 17.7 Å². The Bertz CT molecular complexity index is 1190. The first kappa shape index (κ1) is 26.8. The van der Waals surface area contributed by atoms with E-state index in [1.54, 1.807) is 4.90 Å². The monoisotopic (exact) mass is 528 g/mol. The molecule has 2 aliphatic heterocycles. The Morgan fingerprint density at radius 2 is 1.49 bits per heavy atom. The fourth-order valence-electron chi connectivity index (χ4n) is 4.97. The van der Waals surface area contributed by atoms with Gasteiger partial charge in [-0.3, -0.25) is 14.5 Å². The lowest BCUT2D eigenvalue weighted by atomic mass is 10.1. The number of amides is 2. The predicted octanol–water partition coefficient (Wildman–Crippen LogP) is 2.20. The number of hydrogen-bond donors (Lipinski definition) is 0. The van der Waals surface area contributed by atoms with Gasteiger partial charge in [0, 0.05) is 57.9 Å². The average Bonchev–Trinajstić information content (AvgIpc) is 3.01. The molecule has 3 aromatic rings. The lowest BCUT2D eigenvalue weighted by Crippen LogP contribution is -2.53. The Kier molecular flexibility index (Phi) is 9.13. The Hall–Kier alpha value is -3.82. The third-order valence-corrected chi connectivity index (χ3v) is 7.34. The number of aromatic nitrogens is 2. The normalized spacial score (nSPS) is 16.2. The largest absolute Gasteiger partial charge is 0.379 e. The molecule has 9 heteroatoms. The van der Waals surface area contributed by atoms with E-state index in [2.05, 4.69) is 20.0 Å². The number of carbonyl (C=O) groups is 2. The summed E-state index contributed by atoms with van der Waals surface area (Å²) in [6.07, 6.45) is 0.294. The SMILES string of the molecule is O=C(CN(CCN1CCOCC1)C(=O)Cc1ccccc1)N1CCN(c2ccc(-c3ccccc3)nn2)CC1. The van der Waals surface area contributed by atoms with Crippen molar-refractivity contribution in [2.75, 3.05) is 77.0 Å². The number of piperazine rings is 1. The van der Waals surface area contributed by atoms with Gasteiger partial charge in [0.05, 0.1) is 31.9 Å². The number of benzene rings is 2. The minimum Gasteiger partial charge on any atom is -0.379 e. The minimum atomic E-state index is -0.0183. The van der Waals surface area contributed by atoms with Gasteiger partial charge in [0.1, 0.15) is 0 Å². The maximum Gasteiger partial charge on any atom is 0.242 e. The van der Waals surface area contributed by atoms with E-state index in [-0.39, 0.29) is 18.4 Å². The molecule has 39 heavy (non-hydrogen) atoms. The fraction of sp³-hybridized carbons (Fsp3) is 0.400. The molecule has 0 unspecified atom stereocenters. The predicted molar refractivity (Wildman–Crippen MR) is 150 cm³/mol. The molecular formula is C30H36N6O3. The average molecular weight is 529 g/mol. The summed E-state index contributed by atoms with van der Waals surface area (Å²) in [5.41, 5.74) is 2.83. The molecule has 0 radical (unpaired) electrons. The molecule has 1 aromatic heterocycles. The Balaban J connectivity index is 1.16. The zero-order valence-electron chi connectivity index (χ0n) is 22.3. The summed E-state index contributed by atoms with van der Waals surface area (Å²) in [4.78, 5) is 34.6. The quantitative estimate of drug-likeness (QED) is 0.421. The molecule has 2 saturated heterocycles. The van der Waals surface area contributed by atoms with Crippen LogP contribution in [-0.4, -0.2) is 109 Å². The summed E-state index contributed by atoms with van der Waals surface area (Å²) < 4.78 is 5.45. The van der Waals surface area contributed by atoms with Crippen molar-refractivity contribution < 1.29 is 14.3 Å². The number of anilines is 1. The van der Waals surface area contributed by atoms with Crippen LogP contribution in [0.1, 0.15) is 5.56 Å².